The molecule has 2 bridgehead atoms. The summed E-state index contributed by atoms with van der Waals surface area (Å²) < 4.78 is 0. The number of hydrogen-bond donors (Lipinski definition) is 0. The van der Waals surface area contributed by atoms with Gasteiger partial charge in [0.2, 0.25) is 0 Å². The average Bonchev–Trinajstić information content (AvgIpc) is 2.40. The average molecular weight is 227 g/mol. The maximum Gasteiger partial charge on any atom is 0.124 e. The fourth-order valence-corrected chi connectivity index (χ4v) is 3.06. The van der Waals surface area contributed by atoms with E-state index in [2.05, 4.69) is 41.3 Å². The highest BCUT2D eigenvalue weighted by molar-refractivity contribution is 5.56. The first-order valence-corrected chi connectivity index (χ1v) is 6.28. The van der Waals surface area contributed by atoms with E-state index in [1.165, 1.54) is 5.56 Å². The molecule has 3 unspecified atom stereocenters. The van der Waals surface area contributed by atoms with E-state index >= 15 is 0 Å². The van der Waals surface area contributed by atoms with Gasteiger partial charge in [0.05, 0.1) is 0 Å². The van der Waals surface area contributed by atoms with Gasteiger partial charge in [0.15, 0.2) is 0 Å². The summed E-state index contributed by atoms with van der Waals surface area (Å²) in [5.74, 6) is 0.765. The minimum Gasteiger partial charge on any atom is -0.303 e. The monoisotopic (exact) mass is 227 g/mol. The van der Waals surface area contributed by atoms with Gasteiger partial charge < -0.3 is 4.79 Å². The predicted octanol–water partition coefficient (Wildman–Crippen LogP) is 2.26. The van der Waals surface area contributed by atoms with Crippen molar-refractivity contribution in [3.8, 4) is 0 Å². The summed E-state index contributed by atoms with van der Waals surface area (Å²) in [7, 11) is 0. The zero-order chi connectivity index (χ0) is 11.7. The Labute approximate surface area is 102 Å². The van der Waals surface area contributed by atoms with Crippen LogP contribution < -0.4 is 0 Å². The molecule has 1 aromatic rings. The van der Waals surface area contributed by atoms with Gasteiger partial charge in [0.1, 0.15) is 6.29 Å². The molecule has 1 fully saturated rings. The molecule has 88 valence electrons. The lowest BCUT2D eigenvalue weighted by molar-refractivity contribution is -0.114. The van der Waals surface area contributed by atoms with Crippen molar-refractivity contribution in [2.75, 3.05) is 6.54 Å². The summed E-state index contributed by atoms with van der Waals surface area (Å²) >= 11 is 0. The van der Waals surface area contributed by atoms with Crippen molar-refractivity contribution < 1.29 is 4.79 Å². The van der Waals surface area contributed by atoms with Crippen LogP contribution in [-0.2, 0) is 11.3 Å². The van der Waals surface area contributed by atoms with Crippen molar-refractivity contribution in [2.24, 2.45) is 11.8 Å². The second-order valence-electron chi connectivity index (χ2n) is 5.09. The molecule has 0 saturated carbocycles. The van der Waals surface area contributed by atoms with Crippen LogP contribution in [0.15, 0.2) is 42.5 Å². The molecule has 2 heteroatoms. The maximum absolute atomic E-state index is 11.1. The van der Waals surface area contributed by atoms with Crippen molar-refractivity contribution >= 4 is 6.29 Å². The quantitative estimate of drug-likeness (QED) is 0.583. The normalized spacial score (nSPS) is 31.6. The molecule has 0 N–H and O–H groups in total. The molecule has 0 amide bonds. The van der Waals surface area contributed by atoms with Gasteiger partial charge in [-0.3, -0.25) is 4.90 Å². The topological polar surface area (TPSA) is 20.3 Å². The van der Waals surface area contributed by atoms with Gasteiger partial charge in [-0.1, -0.05) is 42.5 Å². The number of benzene rings is 1. The lowest BCUT2D eigenvalue weighted by Crippen LogP contribution is -2.50. The molecule has 2 nitrogen and oxygen atoms in total. The number of nitrogens with zero attached hydrogens (tertiary/aromatic N) is 1. The van der Waals surface area contributed by atoms with Crippen LogP contribution in [-0.4, -0.2) is 23.8 Å². The lowest BCUT2D eigenvalue weighted by atomic mass is 9.78. The van der Waals surface area contributed by atoms with E-state index in [1.807, 2.05) is 6.07 Å². The van der Waals surface area contributed by atoms with E-state index in [0.29, 0.717) is 12.0 Å². The number of carbonyl (C=O) groups excluding carboxylic acids is 1. The molecular weight excluding hydrogens is 210 g/mol. The number of hydrogen-bond acceptors (Lipinski definition) is 2. The van der Waals surface area contributed by atoms with Crippen LogP contribution in [0.25, 0.3) is 0 Å². The Balaban J connectivity index is 1.77. The summed E-state index contributed by atoms with van der Waals surface area (Å²) in [5, 5.41) is 0. The molecule has 1 saturated heterocycles. The molecule has 4 rings (SSSR count). The third kappa shape index (κ3) is 2.05. The summed E-state index contributed by atoms with van der Waals surface area (Å²) in [6, 6.07) is 10.8. The Bertz CT molecular complexity index is 426. The molecule has 3 aliphatic rings. The van der Waals surface area contributed by atoms with Gasteiger partial charge in [-0.15, -0.1) is 0 Å². The van der Waals surface area contributed by atoms with E-state index < -0.39 is 0 Å². The highest BCUT2D eigenvalue weighted by atomic mass is 16.1. The molecule has 0 radical (unpaired) electrons. The molecular formula is C15H17NO. The summed E-state index contributed by atoms with van der Waals surface area (Å²) in [5.41, 5.74) is 1.33. The first kappa shape index (κ1) is 10.7. The summed E-state index contributed by atoms with van der Waals surface area (Å²) in [6.07, 6.45) is 6.68. The maximum atomic E-state index is 11.1. The van der Waals surface area contributed by atoms with Crippen molar-refractivity contribution in [1.29, 1.82) is 0 Å². The fourth-order valence-electron chi connectivity index (χ4n) is 3.06. The van der Waals surface area contributed by atoms with Crippen molar-refractivity contribution in [2.45, 2.75) is 19.0 Å². The first-order valence-electron chi connectivity index (χ1n) is 6.28. The standard InChI is InChI=1S/C15H17NO/c17-11-14-8-13-6-7-15(14)16(10-13)9-12-4-2-1-3-5-12/h1-7,11,13-15H,8-10H2. The third-order valence-corrected chi connectivity index (χ3v) is 3.89. The predicted molar refractivity (Wildman–Crippen MR) is 67.4 cm³/mol. The van der Waals surface area contributed by atoms with Crippen molar-refractivity contribution in [3.63, 3.8) is 0 Å². The number of carbonyl (C=O) groups is 1. The number of fused-ring (bicyclic) bond motifs is 2. The van der Waals surface area contributed by atoms with Gasteiger partial charge in [-0.05, 0) is 17.9 Å². The Morgan fingerprint density at radius 2 is 2.06 bits per heavy atom. The largest absolute Gasteiger partial charge is 0.303 e. The molecule has 0 aromatic heterocycles. The molecule has 1 aliphatic carbocycles. The minimum absolute atomic E-state index is 0.197. The number of rotatable bonds is 3. The van der Waals surface area contributed by atoms with Crippen LogP contribution in [0.3, 0.4) is 0 Å². The van der Waals surface area contributed by atoms with Crippen LogP contribution in [0.2, 0.25) is 0 Å². The van der Waals surface area contributed by atoms with Gasteiger partial charge in [0.25, 0.3) is 0 Å². The smallest absolute Gasteiger partial charge is 0.124 e. The van der Waals surface area contributed by atoms with Crippen molar-refractivity contribution in [1.82, 2.24) is 4.90 Å². The Morgan fingerprint density at radius 1 is 1.24 bits per heavy atom. The highest BCUT2D eigenvalue weighted by Crippen LogP contribution is 2.34. The van der Waals surface area contributed by atoms with Crippen LogP contribution >= 0.6 is 0 Å². The Kier molecular flexibility index (Phi) is 2.81. The molecule has 0 spiro atoms. The Morgan fingerprint density at radius 3 is 2.76 bits per heavy atom. The highest BCUT2D eigenvalue weighted by Gasteiger charge is 2.36. The van der Waals surface area contributed by atoms with Crippen LogP contribution in [0.1, 0.15) is 12.0 Å². The van der Waals surface area contributed by atoms with Gasteiger partial charge >= 0.3 is 0 Å². The first-order chi connectivity index (χ1) is 8.36. The zero-order valence-electron chi connectivity index (χ0n) is 9.83. The van der Waals surface area contributed by atoms with Crippen LogP contribution in [0.4, 0.5) is 0 Å². The van der Waals surface area contributed by atoms with E-state index in [4.69, 9.17) is 0 Å². The van der Waals surface area contributed by atoms with Gasteiger partial charge in [-0.2, -0.15) is 0 Å². The third-order valence-electron chi connectivity index (χ3n) is 3.89. The minimum atomic E-state index is 0.197. The molecule has 2 aliphatic heterocycles. The van der Waals surface area contributed by atoms with E-state index in [9.17, 15) is 4.79 Å². The molecule has 17 heavy (non-hydrogen) atoms. The summed E-state index contributed by atoms with van der Waals surface area (Å²) in [4.78, 5) is 13.5. The fraction of sp³-hybridized carbons (Fsp3) is 0.400. The van der Waals surface area contributed by atoms with E-state index in [0.717, 1.165) is 25.8 Å². The second kappa shape index (κ2) is 4.46. The molecule has 1 aromatic carbocycles. The van der Waals surface area contributed by atoms with E-state index in [1.54, 1.807) is 0 Å². The van der Waals surface area contributed by atoms with Gasteiger partial charge in [-0.25, -0.2) is 0 Å². The van der Waals surface area contributed by atoms with Crippen LogP contribution in [0, 0.1) is 11.8 Å². The summed E-state index contributed by atoms with van der Waals surface area (Å²) in [6.45, 7) is 2.05. The second-order valence-corrected chi connectivity index (χ2v) is 5.09. The van der Waals surface area contributed by atoms with Gasteiger partial charge in [0, 0.05) is 25.0 Å². The van der Waals surface area contributed by atoms with E-state index in [-0.39, 0.29) is 5.92 Å². The Hall–Kier alpha value is -1.41. The molecule has 3 atom stereocenters. The van der Waals surface area contributed by atoms with Crippen LogP contribution in [0.5, 0.6) is 0 Å². The zero-order valence-corrected chi connectivity index (χ0v) is 9.83. The SMILES string of the molecule is O=CC1CC2C=CC1N(Cc1ccccc1)C2. The van der Waals surface area contributed by atoms with Crippen molar-refractivity contribution in [3.05, 3.63) is 48.0 Å². The number of aldehydes is 1. The lowest BCUT2D eigenvalue weighted by Gasteiger charge is -2.44. The number of piperidine rings is 1. The molecule has 2 heterocycles.